The summed E-state index contributed by atoms with van der Waals surface area (Å²) in [4.78, 5) is 2.15. The molecule has 0 atom stereocenters. The van der Waals surface area contributed by atoms with E-state index in [1.54, 1.807) is 0 Å². The van der Waals surface area contributed by atoms with Gasteiger partial charge in [-0.15, -0.1) is 0 Å². The molecule has 0 radical (unpaired) electrons. The van der Waals surface area contributed by atoms with Crippen molar-refractivity contribution in [1.82, 2.24) is 4.90 Å². The Bertz CT molecular complexity index is 329. The summed E-state index contributed by atoms with van der Waals surface area (Å²) in [5, 5.41) is 12.5. The zero-order chi connectivity index (χ0) is 10.5. The Morgan fingerprint density at radius 2 is 1.73 bits per heavy atom. The van der Waals surface area contributed by atoms with Crippen molar-refractivity contribution in [2.75, 3.05) is 13.1 Å². The summed E-state index contributed by atoms with van der Waals surface area (Å²) < 4.78 is 0. The monoisotopic (exact) mass is 204 g/mol. The van der Waals surface area contributed by atoms with Gasteiger partial charge in [-0.2, -0.15) is 0 Å². The Morgan fingerprint density at radius 1 is 1.07 bits per heavy atom. The SMILES string of the molecule is ON=C(c1ccccc1)N1CCCCC1. The second kappa shape index (κ2) is 4.82. The standard InChI is InChI=1S/C12H16N2O/c15-13-12(11-7-3-1-4-8-11)14-9-5-2-6-10-14/h1,3-4,7-8,15H,2,5-6,9-10H2. The molecule has 3 heteroatoms. The highest BCUT2D eigenvalue weighted by atomic mass is 16.4. The van der Waals surface area contributed by atoms with Gasteiger partial charge in [-0.05, 0) is 19.3 Å². The molecule has 80 valence electrons. The van der Waals surface area contributed by atoms with E-state index in [0.29, 0.717) is 5.84 Å². The first-order valence-electron chi connectivity index (χ1n) is 5.44. The lowest BCUT2D eigenvalue weighted by molar-refractivity contribution is 0.286. The number of oxime groups is 1. The predicted octanol–water partition coefficient (Wildman–Crippen LogP) is 2.31. The molecule has 0 aliphatic carbocycles. The Labute approximate surface area is 90.0 Å². The average molecular weight is 204 g/mol. The maximum atomic E-state index is 9.08. The van der Waals surface area contributed by atoms with Crippen molar-refractivity contribution in [2.24, 2.45) is 5.16 Å². The maximum Gasteiger partial charge on any atom is 0.175 e. The highest BCUT2D eigenvalue weighted by Crippen LogP contribution is 2.13. The van der Waals surface area contributed by atoms with Gasteiger partial charge in [0.25, 0.3) is 0 Å². The van der Waals surface area contributed by atoms with Gasteiger partial charge in [-0.25, -0.2) is 0 Å². The number of hydrogen-bond donors (Lipinski definition) is 1. The second-order valence-corrected chi connectivity index (χ2v) is 3.84. The molecule has 0 amide bonds. The van der Waals surface area contributed by atoms with Gasteiger partial charge in [0, 0.05) is 18.7 Å². The van der Waals surface area contributed by atoms with Crippen molar-refractivity contribution in [3.05, 3.63) is 35.9 Å². The van der Waals surface area contributed by atoms with E-state index < -0.39 is 0 Å². The van der Waals surface area contributed by atoms with E-state index in [9.17, 15) is 0 Å². The molecule has 1 aliphatic heterocycles. The van der Waals surface area contributed by atoms with Gasteiger partial charge in [0.2, 0.25) is 0 Å². The Kier molecular flexibility index (Phi) is 3.22. The Morgan fingerprint density at radius 3 is 2.33 bits per heavy atom. The molecule has 0 bridgehead atoms. The third-order valence-electron chi connectivity index (χ3n) is 2.78. The lowest BCUT2D eigenvalue weighted by Gasteiger charge is -2.28. The molecule has 2 rings (SSSR count). The van der Waals surface area contributed by atoms with Gasteiger partial charge in [0.15, 0.2) is 5.84 Å². The molecule has 1 fully saturated rings. The molecule has 1 aromatic rings. The number of likely N-dealkylation sites (tertiary alicyclic amines) is 1. The molecule has 0 spiro atoms. The summed E-state index contributed by atoms with van der Waals surface area (Å²) in [6, 6.07) is 9.84. The van der Waals surface area contributed by atoms with Crippen molar-refractivity contribution in [3.8, 4) is 0 Å². The number of rotatable bonds is 1. The van der Waals surface area contributed by atoms with Crippen molar-refractivity contribution >= 4 is 5.84 Å². The van der Waals surface area contributed by atoms with Gasteiger partial charge in [-0.1, -0.05) is 35.5 Å². The molecule has 1 heterocycles. The summed E-state index contributed by atoms with van der Waals surface area (Å²) in [5.74, 6) is 0.704. The fourth-order valence-electron chi connectivity index (χ4n) is 2.00. The molecule has 15 heavy (non-hydrogen) atoms. The number of piperidine rings is 1. The normalized spacial score (nSPS) is 17.9. The summed E-state index contributed by atoms with van der Waals surface area (Å²) in [5.41, 5.74) is 0.988. The minimum Gasteiger partial charge on any atom is -0.409 e. The van der Waals surface area contributed by atoms with Crippen LogP contribution in [0.4, 0.5) is 0 Å². The van der Waals surface area contributed by atoms with Crippen molar-refractivity contribution in [2.45, 2.75) is 19.3 Å². The summed E-state index contributed by atoms with van der Waals surface area (Å²) in [7, 11) is 0. The van der Waals surface area contributed by atoms with Gasteiger partial charge in [-0.3, -0.25) is 0 Å². The van der Waals surface area contributed by atoms with Crippen LogP contribution in [0.25, 0.3) is 0 Å². The molecule has 1 aliphatic rings. The molecule has 0 saturated carbocycles. The molecular formula is C12H16N2O. The first kappa shape index (κ1) is 10.0. The predicted molar refractivity (Wildman–Crippen MR) is 60.2 cm³/mol. The Balaban J connectivity index is 2.17. The van der Waals surface area contributed by atoms with Crippen LogP contribution in [-0.2, 0) is 0 Å². The fraction of sp³-hybridized carbons (Fsp3) is 0.417. The molecule has 0 aromatic heterocycles. The number of amidine groups is 1. The molecule has 1 aromatic carbocycles. The largest absolute Gasteiger partial charge is 0.409 e. The second-order valence-electron chi connectivity index (χ2n) is 3.84. The van der Waals surface area contributed by atoms with Crippen LogP contribution in [0.5, 0.6) is 0 Å². The topological polar surface area (TPSA) is 35.8 Å². The van der Waals surface area contributed by atoms with Gasteiger partial charge in [0.05, 0.1) is 0 Å². The highest BCUT2D eigenvalue weighted by molar-refractivity contribution is 5.98. The van der Waals surface area contributed by atoms with Gasteiger partial charge < -0.3 is 10.1 Å². The van der Waals surface area contributed by atoms with Crippen molar-refractivity contribution in [3.63, 3.8) is 0 Å². The third kappa shape index (κ3) is 2.29. The minimum atomic E-state index is 0.704. The number of nitrogens with zero attached hydrogens (tertiary/aromatic N) is 2. The lowest BCUT2D eigenvalue weighted by atomic mass is 10.1. The molecular weight excluding hydrogens is 188 g/mol. The van der Waals surface area contributed by atoms with Crippen LogP contribution in [0.1, 0.15) is 24.8 Å². The van der Waals surface area contributed by atoms with E-state index in [0.717, 1.165) is 18.7 Å². The van der Waals surface area contributed by atoms with Crippen LogP contribution in [-0.4, -0.2) is 29.0 Å². The molecule has 3 nitrogen and oxygen atoms in total. The minimum absolute atomic E-state index is 0.704. The first-order valence-corrected chi connectivity index (χ1v) is 5.44. The smallest absolute Gasteiger partial charge is 0.175 e. The Hall–Kier alpha value is -1.51. The highest BCUT2D eigenvalue weighted by Gasteiger charge is 2.16. The lowest BCUT2D eigenvalue weighted by Crippen LogP contribution is -2.36. The summed E-state index contributed by atoms with van der Waals surface area (Å²) >= 11 is 0. The van der Waals surface area contributed by atoms with Crippen LogP contribution < -0.4 is 0 Å². The van der Waals surface area contributed by atoms with Crippen LogP contribution in [0.3, 0.4) is 0 Å². The van der Waals surface area contributed by atoms with Crippen LogP contribution in [0.15, 0.2) is 35.5 Å². The fourth-order valence-corrected chi connectivity index (χ4v) is 2.00. The van der Waals surface area contributed by atoms with E-state index in [4.69, 9.17) is 5.21 Å². The van der Waals surface area contributed by atoms with E-state index in [2.05, 4.69) is 10.1 Å². The summed E-state index contributed by atoms with van der Waals surface area (Å²) in [6.45, 7) is 1.99. The van der Waals surface area contributed by atoms with E-state index in [1.807, 2.05) is 30.3 Å². The molecule has 1 saturated heterocycles. The van der Waals surface area contributed by atoms with Crippen LogP contribution in [0.2, 0.25) is 0 Å². The van der Waals surface area contributed by atoms with E-state index in [1.165, 1.54) is 19.3 Å². The van der Waals surface area contributed by atoms with E-state index >= 15 is 0 Å². The number of hydrogen-bond acceptors (Lipinski definition) is 2. The molecule has 0 unspecified atom stereocenters. The zero-order valence-corrected chi connectivity index (χ0v) is 8.76. The van der Waals surface area contributed by atoms with E-state index in [-0.39, 0.29) is 0 Å². The van der Waals surface area contributed by atoms with Crippen molar-refractivity contribution < 1.29 is 5.21 Å². The van der Waals surface area contributed by atoms with Crippen molar-refractivity contribution in [1.29, 1.82) is 0 Å². The quantitative estimate of drug-likeness (QED) is 0.330. The average Bonchev–Trinajstić information content (AvgIpc) is 2.33. The van der Waals surface area contributed by atoms with Gasteiger partial charge in [0.1, 0.15) is 0 Å². The van der Waals surface area contributed by atoms with Crippen LogP contribution in [0, 0.1) is 0 Å². The van der Waals surface area contributed by atoms with Gasteiger partial charge >= 0.3 is 0 Å². The first-order chi connectivity index (χ1) is 7.42. The third-order valence-corrected chi connectivity index (χ3v) is 2.78. The summed E-state index contributed by atoms with van der Waals surface area (Å²) in [6.07, 6.45) is 3.65. The van der Waals surface area contributed by atoms with Crippen LogP contribution >= 0.6 is 0 Å². The number of benzene rings is 1. The zero-order valence-electron chi connectivity index (χ0n) is 8.76. The maximum absolute atomic E-state index is 9.08. The molecule has 1 N–H and O–H groups in total.